The summed E-state index contributed by atoms with van der Waals surface area (Å²) < 4.78 is 93.0. The molecule has 0 radical (unpaired) electrons. The molecule has 0 saturated carbocycles. The SMILES string of the molecule is C[C@H]1[C@H](F)CN1c1nc(-c2ccc(C3(NC(=O)C(F)(F)F)CS(=O)C3)cc2)c2c(n1)C(F)(F)CC2. The van der Waals surface area contributed by atoms with Gasteiger partial charge < -0.3 is 10.2 Å². The van der Waals surface area contributed by atoms with E-state index in [1.54, 1.807) is 6.92 Å². The normalized spacial score (nSPS) is 29.2. The Morgan fingerprint density at radius 1 is 1.17 bits per heavy atom. The molecule has 2 fully saturated rings. The Kier molecular flexibility index (Phi) is 5.42. The van der Waals surface area contributed by atoms with Gasteiger partial charge in [0, 0.05) is 28.3 Å². The van der Waals surface area contributed by atoms with Gasteiger partial charge in [0.1, 0.15) is 11.9 Å². The quantitative estimate of drug-likeness (QED) is 0.629. The molecule has 1 aromatic carbocycles. The molecule has 2 aromatic rings. The Bertz CT molecular complexity index is 1210. The van der Waals surface area contributed by atoms with Crippen molar-refractivity contribution in [2.75, 3.05) is 23.0 Å². The largest absolute Gasteiger partial charge is 0.471 e. The lowest BCUT2D eigenvalue weighted by atomic mass is 9.91. The standard InChI is InChI=1S/C22H20F6N4O2S/c1-11-15(23)8-32(11)19-29-16(14-6-7-21(24,25)17(14)30-19)12-2-4-13(5-3-12)20(9-35(34)10-20)31-18(33)22(26,27)28/h2-5,11,15H,6-10H2,1H3,(H,31,33)/t11-,15+,20?,35?/m0/s1. The molecule has 1 N–H and O–H groups in total. The Hall–Kier alpha value is -2.70. The molecule has 0 spiro atoms. The van der Waals surface area contributed by atoms with Crippen molar-refractivity contribution in [2.45, 2.75) is 49.6 Å². The van der Waals surface area contributed by atoms with Gasteiger partial charge in [-0.05, 0) is 18.9 Å². The van der Waals surface area contributed by atoms with Crippen molar-refractivity contribution in [3.63, 3.8) is 0 Å². The van der Waals surface area contributed by atoms with Crippen molar-refractivity contribution in [3.05, 3.63) is 41.1 Å². The minimum absolute atomic E-state index is 0.00546. The molecule has 1 aromatic heterocycles. The van der Waals surface area contributed by atoms with E-state index in [9.17, 15) is 35.3 Å². The van der Waals surface area contributed by atoms with E-state index in [1.165, 1.54) is 29.2 Å². The van der Waals surface area contributed by atoms with Crippen molar-refractivity contribution in [1.82, 2.24) is 15.3 Å². The van der Waals surface area contributed by atoms with Gasteiger partial charge in [0.15, 0.2) is 0 Å². The zero-order valence-electron chi connectivity index (χ0n) is 18.3. The number of hydrogen-bond donors (Lipinski definition) is 1. The van der Waals surface area contributed by atoms with Crippen LogP contribution in [0.15, 0.2) is 24.3 Å². The number of alkyl halides is 6. The van der Waals surface area contributed by atoms with Gasteiger partial charge in [-0.2, -0.15) is 22.0 Å². The number of carbonyl (C=O) groups excluding carboxylic acids is 1. The zero-order chi connectivity index (χ0) is 25.3. The summed E-state index contributed by atoms with van der Waals surface area (Å²) in [6.45, 7) is 1.59. The molecule has 2 atom stereocenters. The molecule has 188 valence electrons. The van der Waals surface area contributed by atoms with Crippen LogP contribution >= 0.6 is 0 Å². The highest BCUT2D eigenvalue weighted by Crippen LogP contribution is 2.45. The summed E-state index contributed by atoms with van der Waals surface area (Å²) in [4.78, 5) is 21.6. The first-order chi connectivity index (χ1) is 16.3. The smallest absolute Gasteiger partial charge is 0.337 e. The highest BCUT2D eigenvalue weighted by Gasteiger charge is 2.51. The molecule has 5 rings (SSSR count). The Labute approximate surface area is 198 Å². The number of amides is 1. The van der Waals surface area contributed by atoms with E-state index in [0.29, 0.717) is 11.1 Å². The van der Waals surface area contributed by atoms with Gasteiger partial charge in [0.05, 0.1) is 35.3 Å². The van der Waals surface area contributed by atoms with Crippen LogP contribution in [0.1, 0.15) is 30.2 Å². The van der Waals surface area contributed by atoms with Crippen LogP contribution in [-0.2, 0) is 33.5 Å². The number of halogens is 6. The fourth-order valence-electron chi connectivity index (χ4n) is 4.66. The van der Waals surface area contributed by atoms with Crippen molar-refractivity contribution < 1.29 is 35.3 Å². The summed E-state index contributed by atoms with van der Waals surface area (Å²) in [6, 6.07) is 5.40. The number of rotatable bonds is 4. The highest BCUT2D eigenvalue weighted by atomic mass is 32.2. The van der Waals surface area contributed by atoms with Crippen LogP contribution in [0.3, 0.4) is 0 Å². The number of carbonyl (C=O) groups is 1. The summed E-state index contributed by atoms with van der Waals surface area (Å²) >= 11 is 0. The van der Waals surface area contributed by atoms with Crippen molar-refractivity contribution in [2.24, 2.45) is 0 Å². The average Bonchev–Trinajstić information content (AvgIpc) is 3.09. The van der Waals surface area contributed by atoms with Crippen LogP contribution < -0.4 is 10.2 Å². The third-order valence-corrected chi connectivity index (χ3v) is 8.44. The Balaban J connectivity index is 1.51. The number of hydrogen-bond acceptors (Lipinski definition) is 5. The van der Waals surface area contributed by atoms with Crippen LogP contribution in [0.25, 0.3) is 11.3 Å². The monoisotopic (exact) mass is 518 g/mol. The first-order valence-electron chi connectivity index (χ1n) is 10.9. The minimum Gasteiger partial charge on any atom is -0.337 e. The number of aromatic nitrogens is 2. The Morgan fingerprint density at radius 3 is 2.37 bits per heavy atom. The van der Waals surface area contributed by atoms with E-state index < -0.39 is 58.7 Å². The van der Waals surface area contributed by atoms with Gasteiger partial charge in [0.2, 0.25) is 5.95 Å². The van der Waals surface area contributed by atoms with Gasteiger partial charge in [-0.3, -0.25) is 9.00 Å². The Morgan fingerprint density at radius 2 is 1.83 bits per heavy atom. The van der Waals surface area contributed by atoms with E-state index in [2.05, 4.69) is 9.97 Å². The molecule has 13 heteroatoms. The number of anilines is 1. The third-order valence-electron chi connectivity index (χ3n) is 6.81. The molecular weight excluding hydrogens is 498 g/mol. The van der Waals surface area contributed by atoms with Crippen molar-refractivity contribution in [1.29, 1.82) is 0 Å². The molecule has 2 aliphatic heterocycles. The van der Waals surface area contributed by atoms with Gasteiger partial charge >= 0.3 is 12.1 Å². The first kappa shape index (κ1) is 24.0. The maximum absolute atomic E-state index is 14.6. The third kappa shape index (κ3) is 3.97. The van der Waals surface area contributed by atoms with Gasteiger partial charge in [-0.1, -0.05) is 24.3 Å². The predicted octanol–water partition coefficient (Wildman–Crippen LogP) is 3.36. The summed E-state index contributed by atoms with van der Waals surface area (Å²) in [7, 11) is -1.39. The van der Waals surface area contributed by atoms with Crippen LogP contribution in [-0.4, -0.2) is 56.5 Å². The summed E-state index contributed by atoms with van der Waals surface area (Å²) in [5, 5.41) is 1.95. The van der Waals surface area contributed by atoms with Gasteiger partial charge in [-0.25, -0.2) is 14.4 Å². The lowest BCUT2D eigenvalue weighted by Gasteiger charge is -2.42. The average molecular weight is 518 g/mol. The van der Waals surface area contributed by atoms with E-state index in [-0.39, 0.29) is 41.7 Å². The van der Waals surface area contributed by atoms with Gasteiger partial charge in [-0.15, -0.1) is 0 Å². The summed E-state index contributed by atoms with van der Waals surface area (Å²) in [5.74, 6) is -5.65. The van der Waals surface area contributed by atoms with Crippen LogP contribution in [0.2, 0.25) is 0 Å². The lowest BCUT2D eigenvalue weighted by Crippen LogP contribution is -2.62. The van der Waals surface area contributed by atoms with Crippen LogP contribution in [0.5, 0.6) is 0 Å². The number of nitrogens with zero attached hydrogens (tertiary/aromatic N) is 3. The van der Waals surface area contributed by atoms with E-state index >= 15 is 0 Å². The maximum Gasteiger partial charge on any atom is 0.471 e. The zero-order valence-corrected chi connectivity index (χ0v) is 19.2. The fraction of sp³-hybridized carbons (Fsp3) is 0.500. The topological polar surface area (TPSA) is 75.2 Å². The molecule has 35 heavy (non-hydrogen) atoms. The summed E-state index contributed by atoms with van der Waals surface area (Å²) in [6.07, 6.45) is -6.62. The minimum atomic E-state index is -5.10. The molecule has 0 unspecified atom stereocenters. The van der Waals surface area contributed by atoms with Crippen molar-refractivity contribution in [3.8, 4) is 11.3 Å². The number of nitrogens with one attached hydrogen (secondary N) is 1. The highest BCUT2D eigenvalue weighted by molar-refractivity contribution is 7.86. The van der Waals surface area contributed by atoms with Crippen LogP contribution in [0, 0.1) is 0 Å². The molecule has 1 aliphatic carbocycles. The van der Waals surface area contributed by atoms with Gasteiger partial charge in [0.25, 0.3) is 5.92 Å². The molecule has 0 bridgehead atoms. The summed E-state index contributed by atoms with van der Waals surface area (Å²) in [5.41, 5.74) is -0.597. The first-order valence-corrected chi connectivity index (χ1v) is 12.3. The molecule has 1 amide bonds. The van der Waals surface area contributed by atoms with E-state index in [1.807, 2.05) is 5.32 Å². The number of fused-ring (bicyclic) bond motifs is 1. The molecule has 6 nitrogen and oxygen atoms in total. The second-order valence-electron chi connectivity index (χ2n) is 9.15. The predicted molar refractivity (Wildman–Crippen MR) is 115 cm³/mol. The maximum atomic E-state index is 14.6. The second-order valence-corrected chi connectivity index (χ2v) is 10.6. The molecule has 3 heterocycles. The fourth-order valence-corrected chi connectivity index (χ4v) is 6.15. The molecule has 3 aliphatic rings. The molecular formula is C22H20F6N4O2S. The lowest BCUT2D eigenvalue weighted by molar-refractivity contribution is -0.175. The molecule has 2 saturated heterocycles. The number of benzene rings is 1. The van der Waals surface area contributed by atoms with Crippen molar-refractivity contribution >= 4 is 22.7 Å². The van der Waals surface area contributed by atoms with Crippen LogP contribution in [0.4, 0.5) is 32.3 Å². The van der Waals surface area contributed by atoms with E-state index in [4.69, 9.17) is 0 Å². The second kappa shape index (κ2) is 7.90. The van der Waals surface area contributed by atoms with E-state index in [0.717, 1.165) is 0 Å².